The lowest BCUT2D eigenvalue weighted by Gasteiger charge is -2.22. The van der Waals surface area contributed by atoms with Gasteiger partial charge in [-0.15, -0.1) is 11.8 Å². The fraction of sp³-hybridized carbons (Fsp3) is 0.471. The number of aliphatic carboxylic acids is 1. The number of halogens is 1. The smallest absolute Gasteiger partial charge is 0.408 e. The molecular formula is C17H20ClNO5S. The molecule has 0 aromatic heterocycles. The van der Waals surface area contributed by atoms with Gasteiger partial charge >= 0.3 is 12.1 Å². The van der Waals surface area contributed by atoms with Crippen molar-refractivity contribution in [3.8, 4) is 0 Å². The number of fused-ring (bicyclic) bond motifs is 1. The van der Waals surface area contributed by atoms with Gasteiger partial charge in [0.15, 0.2) is 5.78 Å². The van der Waals surface area contributed by atoms with Crippen LogP contribution in [0.4, 0.5) is 4.79 Å². The van der Waals surface area contributed by atoms with Gasteiger partial charge in [-0.3, -0.25) is 4.79 Å². The zero-order valence-corrected chi connectivity index (χ0v) is 15.7. The second kappa shape index (κ2) is 7.66. The van der Waals surface area contributed by atoms with Gasteiger partial charge in [-0.05, 0) is 51.0 Å². The average Bonchev–Trinajstić information content (AvgIpc) is 2.77. The number of carboxylic acids is 1. The Morgan fingerprint density at radius 3 is 2.72 bits per heavy atom. The molecule has 1 amide bonds. The number of carbonyl (C=O) groups excluding carboxylic acids is 2. The first kappa shape index (κ1) is 19.6. The number of ketones is 1. The summed E-state index contributed by atoms with van der Waals surface area (Å²) in [6.45, 7) is 5.07. The van der Waals surface area contributed by atoms with Crippen molar-refractivity contribution in [1.29, 1.82) is 0 Å². The molecule has 0 fully saturated rings. The van der Waals surface area contributed by atoms with Crippen molar-refractivity contribution in [2.45, 2.75) is 44.1 Å². The van der Waals surface area contributed by atoms with E-state index in [0.717, 1.165) is 5.56 Å². The van der Waals surface area contributed by atoms with Crippen LogP contribution in [0.15, 0.2) is 18.2 Å². The Balaban J connectivity index is 1.95. The fourth-order valence-corrected chi connectivity index (χ4v) is 3.83. The van der Waals surface area contributed by atoms with Gasteiger partial charge in [-0.1, -0.05) is 11.6 Å². The summed E-state index contributed by atoms with van der Waals surface area (Å²) in [6, 6.07) is 3.96. The highest BCUT2D eigenvalue weighted by atomic mass is 35.5. The minimum absolute atomic E-state index is 0.0435. The Kier molecular flexibility index (Phi) is 6.00. The number of Topliss-reactive ketones (excluding diaryl/α,β-unsaturated/α-hetero) is 1. The zero-order chi connectivity index (χ0) is 18.8. The van der Waals surface area contributed by atoms with Crippen LogP contribution in [0.1, 0.15) is 36.7 Å². The van der Waals surface area contributed by atoms with Crippen molar-refractivity contribution in [1.82, 2.24) is 5.32 Å². The molecule has 1 aromatic carbocycles. The van der Waals surface area contributed by atoms with Gasteiger partial charge < -0.3 is 15.2 Å². The number of thioether (sulfide) groups is 1. The molecule has 8 heteroatoms. The number of nitrogens with one attached hydrogen (secondary N) is 1. The van der Waals surface area contributed by atoms with Crippen LogP contribution in [0.3, 0.4) is 0 Å². The number of alkyl carbamates (subject to hydrolysis) is 1. The van der Waals surface area contributed by atoms with E-state index < -0.39 is 23.7 Å². The van der Waals surface area contributed by atoms with Gasteiger partial charge in [0.1, 0.15) is 11.6 Å². The van der Waals surface area contributed by atoms with E-state index in [4.69, 9.17) is 16.3 Å². The van der Waals surface area contributed by atoms with Crippen molar-refractivity contribution in [2.24, 2.45) is 0 Å². The molecule has 2 unspecified atom stereocenters. The molecule has 0 spiro atoms. The summed E-state index contributed by atoms with van der Waals surface area (Å²) < 4.78 is 5.07. The van der Waals surface area contributed by atoms with Crippen LogP contribution in [0.5, 0.6) is 0 Å². The summed E-state index contributed by atoms with van der Waals surface area (Å²) in [7, 11) is 0. The molecule has 25 heavy (non-hydrogen) atoms. The first-order chi connectivity index (χ1) is 11.6. The van der Waals surface area contributed by atoms with E-state index in [1.807, 2.05) is 0 Å². The van der Waals surface area contributed by atoms with Crippen LogP contribution in [0, 0.1) is 0 Å². The highest BCUT2D eigenvalue weighted by molar-refractivity contribution is 8.00. The van der Waals surface area contributed by atoms with Crippen LogP contribution < -0.4 is 5.32 Å². The zero-order valence-electron chi connectivity index (χ0n) is 14.2. The van der Waals surface area contributed by atoms with Crippen molar-refractivity contribution in [3.05, 3.63) is 34.3 Å². The molecule has 0 saturated heterocycles. The number of hydrogen-bond acceptors (Lipinski definition) is 5. The number of carbonyl (C=O) groups is 3. The summed E-state index contributed by atoms with van der Waals surface area (Å²) in [6.07, 6.45) is -0.300. The number of carboxylic acid groups (broad SMARTS) is 1. The first-order valence-electron chi connectivity index (χ1n) is 7.73. The molecule has 2 rings (SSSR count). The summed E-state index contributed by atoms with van der Waals surface area (Å²) >= 11 is 7.15. The second-order valence-electron chi connectivity index (χ2n) is 6.73. The van der Waals surface area contributed by atoms with E-state index in [2.05, 4.69) is 5.32 Å². The predicted molar refractivity (Wildman–Crippen MR) is 96.5 cm³/mol. The lowest BCUT2D eigenvalue weighted by Crippen LogP contribution is -2.45. The molecular weight excluding hydrogens is 366 g/mol. The highest BCUT2D eigenvalue weighted by Crippen LogP contribution is 2.32. The minimum Gasteiger partial charge on any atom is -0.480 e. The van der Waals surface area contributed by atoms with E-state index in [1.54, 1.807) is 39.0 Å². The van der Waals surface area contributed by atoms with Gasteiger partial charge in [-0.2, -0.15) is 0 Å². The summed E-state index contributed by atoms with van der Waals surface area (Å²) in [5.41, 5.74) is 0.763. The average molecular weight is 386 g/mol. The molecule has 1 aromatic rings. The quantitative estimate of drug-likeness (QED) is 0.808. The number of rotatable bonds is 5. The van der Waals surface area contributed by atoms with E-state index >= 15 is 0 Å². The molecule has 2 atom stereocenters. The van der Waals surface area contributed by atoms with Crippen LogP contribution >= 0.6 is 23.4 Å². The van der Waals surface area contributed by atoms with E-state index in [0.29, 0.717) is 17.0 Å². The predicted octanol–water partition coefficient (Wildman–Crippen LogP) is 3.16. The topological polar surface area (TPSA) is 92.7 Å². The van der Waals surface area contributed by atoms with Gasteiger partial charge in [0.25, 0.3) is 0 Å². The fourth-order valence-electron chi connectivity index (χ4n) is 2.41. The maximum atomic E-state index is 12.4. The summed E-state index contributed by atoms with van der Waals surface area (Å²) in [5, 5.41) is 11.8. The maximum absolute atomic E-state index is 12.4. The van der Waals surface area contributed by atoms with Gasteiger partial charge in [0.2, 0.25) is 0 Å². The lowest BCUT2D eigenvalue weighted by molar-refractivity contribution is -0.138. The number of hydrogen-bond donors (Lipinski definition) is 2. The number of ether oxygens (including phenoxy) is 1. The third-order valence-corrected chi connectivity index (χ3v) is 5.03. The summed E-state index contributed by atoms with van der Waals surface area (Å²) in [5.74, 6) is -1.16. The van der Waals surface area contributed by atoms with Gasteiger partial charge in [0.05, 0.1) is 5.25 Å². The molecule has 6 nitrogen and oxygen atoms in total. The standard InChI is InChI=1S/C17H20ClNO5S/c1-17(2,3)24-16(23)19-12(15(21)22)8-25-13-7-9-6-10(18)4-5-11(9)14(13)20/h4-6,12-13H,7-8H2,1-3H3,(H,19,23)(H,21,22). The van der Waals surface area contributed by atoms with E-state index in [1.165, 1.54) is 11.8 Å². The molecule has 0 bridgehead atoms. The first-order valence-corrected chi connectivity index (χ1v) is 9.16. The molecule has 136 valence electrons. The van der Waals surface area contributed by atoms with Crippen LogP contribution in [0.2, 0.25) is 5.02 Å². The molecule has 1 aliphatic carbocycles. The molecule has 0 heterocycles. The molecule has 2 N–H and O–H groups in total. The van der Waals surface area contributed by atoms with Gasteiger partial charge in [0, 0.05) is 16.3 Å². The van der Waals surface area contributed by atoms with E-state index in [9.17, 15) is 19.5 Å². The SMILES string of the molecule is CC(C)(C)OC(=O)NC(CSC1Cc2cc(Cl)ccc2C1=O)C(=O)O. The second-order valence-corrected chi connectivity index (χ2v) is 8.40. The molecule has 0 radical (unpaired) electrons. The Morgan fingerprint density at radius 1 is 1.44 bits per heavy atom. The molecule has 0 saturated carbocycles. The number of amides is 1. The van der Waals surface area contributed by atoms with Crippen molar-refractivity contribution in [2.75, 3.05) is 5.75 Å². The van der Waals surface area contributed by atoms with Crippen LogP contribution in [-0.2, 0) is 16.0 Å². The third-order valence-electron chi connectivity index (χ3n) is 3.48. The van der Waals surface area contributed by atoms with Gasteiger partial charge in [-0.25, -0.2) is 9.59 Å². The Morgan fingerprint density at radius 2 is 2.12 bits per heavy atom. The summed E-state index contributed by atoms with van der Waals surface area (Å²) in [4.78, 5) is 35.5. The monoisotopic (exact) mass is 385 g/mol. The molecule has 1 aliphatic rings. The van der Waals surface area contributed by atoms with Crippen molar-refractivity contribution >= 4 is 41.2 Å². The van der Waals surface area contributed by atoms with Crippen molar-refractivity contribution < 1.29 is 24.2 Å². The number of benzene rings is 1. The van der Waals surface area contributed by atoms with E-state index in [-0.39, 0.29) is 16.8 Å². The Labute approximate surface area is 155 Å². The molecule has 0 aliphatic heterocycles. The van der Waals surface area contributed by atoms with Crippen molar-refractivity contribution in [3.63, 3.8) is 0 Å². The normalized spacial score (nSPS) is 17.8. The highest BCUT2D eigenvalue weighted by Gasteiger charge is 2.33. The Bertz CT molecular complexity index is 701. The minimum atomic E-state index is -1.18. The third kappa shape index (κ3) is 5.37. The largest absolute Gasteiger partial charge is 0.480 e. The van der Waals surface area contributed by atoms with Crippen LogP contribution in [0.25, 0.3) is 0 Å². The maximum Gasteiger partial charge on any atom is 0.408 e. The lowest BCUT2D eigenvalue weighted by atomic mass is 10.1. The van der Waals surface area contributed by atoms with Crippen LogP contribution in [-0.4, -0.2) is 45.6 Å². The Hall–Kier alpha value is -1.73.